The standard InChI is InChI=1S/C11H24ClNO3S/c1-11(2,6-5-8-14)10-13-17(15,16)9-4-3-7-12/h13-14H,3-10H2,1-2H3. The number of rotatable bonds is 10. The molecule has 0 amide bonds. The molecule has 0 aromatic rings. The van der Waals surface area contributed by atoms with E-state index < -0.39 is 10.0 Å². The molecule has 0 fully saturated rings. The first-order valence-corrected chi connectivity index (χ1v) is 8.16. The summed E-state index contributed by atoms with van der Waals surface area (Å²) in [6, 6.07) is 0. The molecule has 0 aromatic heterocycles. The molecule has 4 nitrogen and oxygen atoms in total. The molecule has 0 atom stereocenters. The Morgan fingerprint density at radius 2 is 1.88 bits per heavy atom. The number of unbranched alkanes of at least 4 members (excludes halogenated alkanes) is 1. The van der Waals surface area contributed by atoms with Crippen LogP contribution in [0.5, 0.6) is 0 Å². The number of aliphatic hydroxyl groups is 1. The average molecular weight is 286 g/mol. The number of alkyl halides is 1. The van der Waals surface area contributed by atoms with Crippen LogP contribution in [-0.4, -0.2) is 38.3 Å². The molecule has 0 aliphatic carbocycles. The van der Waals surface area contributed by atoms with Crippen molar-refractivity contribution in [2.75, 3.05) is 24.8 Å². The molecule has 0 saturated heterocycles. The predicted molar refractivity (Wildman–Crippen MR) is 71.8 cm³/mol. The van der Waals surface area contributed by atoms with Gasteiger partial charge in [-0.05, 0) is 31.1 Å². The van der Waals surface area contributed by atoms with E-state index in [1.807, 2.05) is 13.8 Å². The fourth-order valence-electron chi connectivity index (χ4n) is 1.41. The maximum absolute atomic E-state index is 11.6. The van der Waals surface area contributed by atoms with Crippen LogP contribution >= 0.6 is 11.6 Å². The molecule has 0 bridgehead atoms. The average Bonchev–Trinajstić information content (AvgIpc) is 2.25. The summed E-state index contributed by atoms with van der Waals surface area (Å²) in [6.07, 6.45) is 2.81. The van der Waals surface area contributed by atoms with Crippen molar-refractivity contribution in [2.24, 2.45) is 5.41 Å². The molecule has 0 saturated carbocycles. The lowest BCUT2D eigenvalue weighted by molar-refractivity contribution is 0.242. The Kier molecular flexibility index (Phi) is 8.37. The van der Waals surface area contributed by atoms with E-state index in [2.05, 4.69) is 4.72 Å². The van der Waals surface area contributed by atoms with Gasteiger partial charge in [-0.2, -0.15) is 0 Å². The topological polar surface area (TPSA) is 66.4 Å². The summed E-state index contributed by atoms with van der Waals surface area (Å²) in [5, 5.41) is 8.75. The van der Waals surface area contributed by atoms with Crippen LogP contribution in [0.2, 0.25) is 0 Å². The fourth-order valence-corrected chi connectivity index (χ4v) is 2.94. The maximum Gasteiger partial charge on any atom is 0.211 e. The van der Waals surface area contributed by atoms with E-state index in [0.29, 0.717) is 25.3 Å². The monoisotopic (exact) mass is 285 g/mol. The lowest BCUT2D eigenvalue weighted by atomic mass is 9.88. The highest BCUT2D eigenvalue weighted by atomic mass is 35.5. The molecule has 2 N–H and O–H groups in total. The van der Waals surface area contributed by atoms with Crippen molar-refractivity contribution in [2.45, 2.75) is 39.5 Å². The maximum atomic E-state index is 11.6. The van der Waals surface area contributed by atoms with E-state index in [9.17, 15) is 8.42 Å². The Morgan fingerprint density at radius 1 is 1.24 bits per heavy atom. The number of nitrogens with one attached hydrogen (secondary N) is 1. The van der Waals surface area contributed by atoms with Crippen LogP contribution in [0.3, 0.4) is 0 Å². The van der Waals surface area contributed by atoms with E-state index in [-0.39, 0.29) is 17.8 Å². The Hall–Kier alpha value is 0.160. The van der Waals surface area contributed by atoms with Gasteiger partial charge in [0, 0.05) is 19.0 Å². The summed E-state index contributed by atoms with van der Waals surface area (Å²) in [4.78, 5) is 0. The van der Waals surface area contributed by atoms with Crippen molar-refractivity contribution in [1.82, 2.24) is 4.72 Å². The summed E-state index contributed by atoms with van der Waals surface area (Å²) in [6.45, 7) is 4.54. The highest BCUT2D eigenvalue weighted by Crippen LogP contribution is 2.21. The van der Waals surface area contributed by atoms with Gasteiger partial charge in [0.05, 0.1) is 5.75 Å². The van der Waals surface area contributed by atoms with Gasteiger partial charge in [-0.15, -0.1) is 11.6 Å². The van der Waals surface area contributed by atoms with Gasteiger partial charge in [0.25, 0.3) is 0 Å². The molecule has 0 heterocycles. The lowest BCUT2D eigenvalue weighted by Gasteiger charge is -2.24. The molecule has 0 spiro atoms. The molecule has 0 aromatic carbocycles. The van der Waals surface area contributed by atoms with Crippen molar-refractivity contribution in [3.05, 3.63) is 0 Å². The molecule has 104 valence electrons. The number of halogens is 1. The summed E-state index contributed by atoms with van der Waals surface area (Å²) >= 11 is 5.50. The van der Waals surface area contributed by atoms with Crippen LogP contribution in [0.15, 0.2) is 0 Å². The van der Waals surface area contributed by atoms with Gasteiger partial charge >= 0.3 is 0 Å². The highest BCUT2D eigenvalue weighted by molar-refractivity contribution is 7.89. The number of hydrogen-bond acceptors (Lipinski definition) is 3. The molecule has 0 radical (unpaired) electrons. The van der Waals surface area contributed by atoms with E-state index in [1.165, 1.54) is 0 Å². The third-order valence-electron chi connectivity index (χ3n) is 2.58. The smallest absolute Gasteiger partial charge is 0.211 e. The highest BCUT2D eigenvalue weighted by Gasteiger charge is 2.20. The first kappa shape index (κ1) is 17.2. The first-order chi connectivity index (χ1) is 7.83. The second-order valence-electron chi connectivity index (χ2n) is 5.03. The van der Waals surface area contributed by atoms with Crippen molar-refractivity contribution in [3.8, 4) is 0 Å². The van der Waals surface area contributed by atoms with Crippen molar-refractivity contribution in [1.29, 1.82) is 0 Å². The van der Waals surface area contributed by atoms with Crippen LogP contribution in [0.4, 0.5) is 0 Å². The Bertz CT molecular complexity index is 291. The molecular formula is C11H24ClNO3S. The van der Waals surface area contributed by atoms with Gasteiger partial charge < -0.3 is 5.11 Å². The van der Waals surface area contributed by atoms with Crippen molar-refractivity contribution < 1.29 is 13.5 Å². The zero-order chi connectivity index (χ0) is 13.4. The van der Waals surface area contributed by atoms with Crippen LogP contribution < -0.4 is 4.72 Å². The third kappa shape index (κ3) is 9.83. The van der Waals surface area contributed by atoms with Gasteiger partial charge in [-0.25, -0.2) is 13.1 Å². The van der Waals surface area contributed by atoms with Gasteiger partial charge in [-0.1, -0.05) is 13.8 Å². The predicted octanol–water partition coefficient (Wildman–Crippen LogP) is 1.72. The Labute approximate surface area is 110 Å². The summed E-state index contributed by atoms with van der Waals surface area (Å²) in [5.41, 5.74) is -0.123. The van der Waals surface area contributed by atoms with Gasteiger partial charge in [0.1, 0.15) is 0 Å². The second kappa shape index (κ2) is 8.29. The van der Waals surface area contributed by atoms with E-state index in [4.69, 9.17) is 16.7 Å². The summed E-state index contributed by atoms with van der Waals surface area (Å²) in [7, 11) is -3.18. The summed E-state index contributed by atoms with van der Waals surface area (Å²) in [5.74, 6) is 0.632. The molecule has 17 heavy (non-hydrogen) atoms. The number of aliphatic hydroxyl groups excluding tert-OH is 1. The molecular weight excluding hydrogens is 262 g/mol. The first-order valence-electron chi connectivity index (χ1n) is 5.97. The molecule has 0 rings (SSSR count). The summed E-state index contributed by atoms with van der Waals surface area (Å²) < 4.78 is 25.9. The minimum atomic E-state index is -3.18. The molecule has 0 unspecified atom stereocenters. The SMILES string of the molecule is CC(C)(CCCO)CNS(=O)(=O)CCCCCl. The van der Waals surface area contributed by atoms with Crippen LogP contribution in [-0.2, 0) is 10.0 Å². The number of sulfonamides is 1. The molecule has 6 heteroatoms. The molecule has 0 aliphatic rings. The van der Waals surface area contributed by atoms with Crippen LogP contribution in [0, 0.1) is 5.41 Å². The van der Waals surface area contributed by atoms with E-state index in [1.54, 1.807) is 0 Å². The minimum Gasteiger partial charge on any atom is -0.396 e. The Balaban J connectivity index is 3.99. The normalized spacial score (nSPS) is 12.9. The van der Waals surface area contributed by atoms with Gasteiger partial charge in [0.2, 0.25) is 10.0 Å². The largest absolute Gasteiger partial charge is 0.396 e. The lowest BCUT2D eigenvalue weighted by Crippen LogP contribution is -2.35. The van der Waals surface area contributed by atoms with E-state index >= 15 is 0 Å². The third-order valence-corrected chi connectivity index (χ3v) is 4.26. The van der Waals surface area contributed by atoms with Crippen LogP contribution in [0.25, 0.3) is 0 Å². The van der Waals surface area contributed by atoms with E-state index in [0.717, 1.165) is 12.8 Å². The quantitative estimate of drug-likeness (QED) is 0.474. The Morgan fingerprint density at radius 3 is 2.41 bits per heavy atom. The van der Waals surface area contributed by atoms with Gasteiger partial charge in [-0.3, -0.25) is 0 Å². The second-order valence-corrected chi connectivity index (χ2v) is 7.33. The zero-order valence-corrected chi connectivity index (χ0v) is 12.3. The fraction of sp³-hybridized carbons (Fsp3) is 1.00. The van der Waals surface area contributed by atoms with Crippen molar-refractivity contribution >= 4 is 21.6 Å². The van der Waals surface area contributed by atoms with Crippen molar-refractivity contribution in [3.63, 3.8) is 0 Å². The zero-order valence-electron chi connectivity index (χ0n) is 10.7. The van der Waals surface area contributed by atoms with Crippen LogP contribution in [0.1, 0.15) is 39.5 Å². The number of hydrogen-bond donors (Lipinski definition) is 2. The van der Waals surface area contributed by atoms with Gasteiger partial charge in [0.15, 0.2) is 0 Å². The molecule has 0 aliphatic heterocycles. The minimum absolute atomic E-state index is 0.123.